The zero-order valence-electron chi connectivity index (χ0n) is 15.1. The number of aromatic nitrogens is 4. The average Bonchev–Trinajstić information content (AvgIpc) is 3.31. The van der Waals surface area contributed by atoms with Crippen LogP contribution in [0, 0.1) is 0 Å². The maximum atomic E-state index is 13.0. The molecule has 1 aromatic carbocycles. The summed E-state index contributed by atoms with van der Waals surface area (Å²) in [7, 11) is -2.05. The van der Waals surface area contributed by atoms with Crippen LogP contribution in [-0.2, 0) is 14.8 Å². The molecule has 0 N–H and O–H groups in total. The van der Waals surface area contributed by atoms with Crippen LogP contribution >= 0.6 is 0 Å². The second-order valence-electron chi connectivity index (χ2n) is 6.33. The molecule has 3 heterocycles. The van der Waals surface area contributed by atoms with E-state index < -0.39 is 10.0 Å². The van der Waals surface area contributed by atoms with E-state index >= 15 is 0 Å². The quantitative estimate of drug-likeness (QED) is 0.510. The van der Waals surface area contributed by atoms with Gasteiger partial charge in [-0.05, 0) is 24.6 Å². The van der Waals surface area contributed by atoms with Crippen molar-refractivity contribution in [3.63, 3.8) is 0 Å². The van der Waals surface area contributed by atoms with Gasteiger partial charge in [0.25, 0.3) is 10.0 Å². The molecular formula is C19H20N4O3S. The van der Waals surface area contributed by atoms with Crippen molar-refractivity contribution in [1.29, 1.82) is 0 Å². The summed E-state index contributed by atoms with van der Waals surface area (Å²) in [6, 6.07) is 10.2. The van der Waals surface area contributed by atoms with Crippen molar-refractivity contribution in [3.05, 3.63) is 55.1 Å². The number of imidazole rings is 1. The van der Waals surface area contributed by atoms with Crippen molar-refractivity contribution in [3.8, 4) is 0 Å². The highest BCUT2D eigenvalue weighted by atomic mass is 32.2. The Balaban J connectivity index is 1.95. The number of hydrogen-bond donors (Lipinski definition) is 0. The summed E-state index contributed by atoms with van der Waals surface area (Å²) < 4.78 is 34.7. The number of methoxy groups -OCH3 is 1. The predicted molar refractivity (Wildman–Crippen MR) is 103 cm³/mol. The van der Waals surface area contributed by atoms with Crippen LogP contribution in [0.5, 0.6) is 0 Å². The van der Waals surface area contributed by atoms with Gasteiger partial charge in [0.2, 0.25) is 0 Å². The Kier molecular flexibility index (Phi) is 4.45. The van der Waals surface area contributed by atoms with Gasteiger partial charge in [0, 0.05) is 18.7 Å². The van der Waals surface area contributed by atoms with Crippen molar-refractivity contribution in [2.75, 3.05) is 13.7 Å². The van der Waals surface area contributed by atoms with E-state index in [4.69, 9.17) is 4.74 Å². The molecule has 1 unspecified atom stereocenters. The lowest BCUT2D eigenvalue weighted by molar-refractivity contribution is 0.155. The van der Waals surface area contributed by atoms with E-state index in [-0.39, 0.29) is 10.9 Å². The lowest BCUT2D eigenvalue weighted by Gasteiger charge is -2.17. The van der Waals surface area contributed by atoms with Gasteiger partial charge in [-0.25, -0.2) is 22.4 Å². The van der Waals surface area contributed by atoms with Gasteiger partial charge < -0.3 is 9.30 Å². The molecule has 8 heteroatoms. The Morgan fingerprint density at radius 3 is 2.63 bits per heavy atom. The molecule has 1 atom stereocenters. The summed E-state index contributed by atoms with van der Waals surface area (Å²) in [5.41, 5.74) is 1.98. The Morgan fingerprint density at radius 1 is 1.15 bits per heavy atom. The summed E-state index contributed by atoms with van der Waals surface area (Å²) in [6.07, 6.45) is 5.80. The number of benzene rings is 1. The molecule has 0 amide bonds. The van der Waals surface area contributed by atoms with Crippen LogP contribution in [0.4, 0.5) is 0 Å². The first-order valence-corrected chi connectivity index (χ1v) is 10.1. The van der Waals surface area contributed by atoms with Crippen LogP contribution in [0.25, 0.3) is 22.1 Å². The van der Waals surface area contributed by atoms with Gasteiger partial charge in [-0.3, -0.25) is 0 Å². The largest absolute Gasteiger partial charge is 0.383 e. The Morgan fingerprint density at radius 2 is 1.93 bits per heavy atom. The maximum absolute atomic E-state index is 13.0. The molecule has 0 aliphatic heterocycles. The van der Waals surface area contributed by atoms with Crippen molar-refractivity contribution < 1.29 is 13.2 Å². The third-order valence-corrected chi connectivity index (χ3v) is 6.42. The molecule has 0 bridgehead atoms. The lowest BCUT2D eigenvalue weighted by Crippen LogP contribution is -2.13. The molecule has 0 aliphatic carbocycles. The van der Waals surface area contributed by atoms with E-state index in [0.29, 0.717) is 12.3 Å². The highest BCUT2D eigenvalue weighted by Crippen LogP contribution is 2.29. The number of hydrogen-bond acceptors (Lipinski definition) is 5. The van der Waals surface area contributed by atoms with Crippen LogP contribution in [0.1, 0.15) is 19.4 Å². The van der Waals surface area contributed by atoms with E-state index in [1.807, 2.05) is 4.57 Å². The number of nitrogens with zero attached hydrogens (tertiary/aromatic N) is 4. The molecular weight excluding hydrogens is 364 g/mol. The van der Waals surface area contributed by atoms with Crippen LogP contribution in [0.3, 0.4) is 0 Å². The minimum atomic E-state index is -3.72. The highest BCUT2D eigenvalue weighted by molar-refractivity contribution is 7.90. The topological polar surface area (TPSA) is 79.0 Å². The molecule has 0 saturated carbocycles. The molecule has 0 aliphatic rings. The summed E-state index contributed by atoms with van der Waals surface area (Å²) in [5.74, 6) is 0. The van der Waals surface area contributed by atoms with Crippen molar-refractivity contribution in [2.45, 2.75) is 24.3 Å². The first kappa shape index (κ1) is 17.7. The molecule has 27 heavy (non-hydrogen) atoms. The van der Waals surface area contributed by atoms with Crippen molar-refractivity contribution >= 4 is 32.1 Å². The number of fused-ring (bicyclic) bond motifs is 3. The minimum Gasteiger partial charge on any atom is -0.383 e. The Labute approximate surface area is 157 Å². The zero-order valence-corrected chi connectivity index (χ0v) is 15.9. The second kappa shape index (κ2) is 6.79. The number of pyridine rings is 1. The molecule has 4 aromatic rings. The van der Waals surface area contributed by atoms with E-state index in [0.717, 1.165) is 22.8 Å². The molecule has 0 spiro atoms. The molecule has 7 nitrogen and oxygen atoms in total. The first-order chi connectivity index (χ1) is 13.1. The van der Waals surface area contributed by atoms with E-state index in [2.05, 4.69) is 16.9 Å². The normalized spacial score (nSPS) is 13.4. The van der Waals surface area contributed by atoms with Crippen LogP contribution in [0.15, 0.2) is 60.0 Å². The molecule has 3 aromatic heterocycles. The zero-order chi connectivity index (χ0) is 19.0. The summed E-state index contributed by atoms with van der Waals surface area (Å²) in [4.78, 5) is 9.04. The Hall–Kier alpha value is -2.71. The van der Waals surface area contributed by atoms with Crippen LogP contribution < -0.4 is 0 Å². The Bertz CT molecular complexity index is 1200. The molecule has 0 fully saturated rings. The molecule has 140 valence electrons. The standard InChI is InChI=1S/C19H20N4O3S/c1-3-14(12-26-2)22-13-21-17-11-20-19-16(18(17)22)9-10-23(19)27(24,25)15-7-5-4-6-8-15/h4-11,13-14H,3,12H2,1-2H3. The van der Waals surface area contributed by atoms with E-state index in [1.54, 1.807) is 62.2 Å². The lowest BCUT2D eigenvalue weighted by atomic mass is 10.2. The van der Waals surface area contributed by atoms with Gasteiger partial charge in [-0.2, -0.15) is 0 Å². The SMILES string of the molecule is CCC(COC)n1cnc2cnc3c(ccn3S(=O)(=O)c3ccccc3)c21. The fourth-order valence-electron chi connectivity index (χ4n) is 3.35. The molecule has 4 rings (SSSR count). The molecule has 0 saturated heterocycles. The van der Waals surface area contributed by atoms with Gasteiger partial charge in [-0.15, -0.1) is 0 Å². The maximum Gasteiger partial charge on any atom is 0.269 e. The van der Waals surface area contributed by atoms with Gasteiger partial charge in [0.1, 0.15) is 5.52 Å². The van der Waals surface area contributed by atoms with Crippen molar-refractivity contribution in [1.82, 2.24) is 18.5 Å². The van der Waals surface area contributed by atoms with E-state index in [1.165, 1.54) is 3.97 Å². The summed E-state index contributed by atoms with van der Waals surface area (Å²) in [5, 5.41) is 0.749. The van der Waals surface area contributed by atoms with Gasteiger partial charge in [0.15, 0.2) is 5.65 Å². The van der Waals surface area contributed by atoms with Gasteiger partial charge in [0.05, 0.1) is 35.6 Å². The predicted octanol–water partition coefficient (Wildman–Crippen LogP) is 3.22. The van der Waals surface area contributed by atoms with Gasteiger partial charge >= 0.3 is 0 Å². The fraction of sp³-hybridized carbons (Fsp3) is 0.263. The van der Waals surface area contributed by atoms with Crippen LogP contribution in [0.2, 0.25) is 0 Å². The summed E-state index contributed by atoms with van der Waals surface area (Å²) in [6.45, 7) is 2.63. The highest BCUT2D eigenvalue weighted by Gasteiger charge is 2.22. The minimum absolute atomic E-state index is 0.111. The van der Waals surface area contributed by atoms with Gasteiger partial charge in [-0.1, -0.05) is 25.1 Å². The third-order valence-electron chi connectivity index (χ3n) is 4.74. The molecule has 0 radical (unpaired) electrons. The fourth-order valence-corrected chi connectivity index (χ4v) is 4.67. The average molecular weight is 384 g/mol. The number of ether oxygens (including phenoxy) is 1. The summed E-state index contributed by atoms with van der Waals surface area (Å²) >= 11 is 0. The third kappa shape index (κ3) is 2.81. The smallest absolute Gasteiger partial charge is 0.269 e. The second-order valence-corrected chi connectivity index (χ2v) is 8.14. The van der Waals surface area contributed by atoms with E-state index in [9.17, 15) is 8.42 Å². The first-order valence-electron chi connectivity index (χ1n) is 8.70. The number of rotatable bonds is 6. The monoisotopic (exact) mass is 384 g/mol. The van der Waals surface area contributed by atoms with Crippen LogP contribution in [-0.4, -0.2) is 40.6 Å². The van der Waals surface area contributed by atoms with Crippen molar-refractivity contribution in [2.24, 2.45) is 0 Å².